The second-order valence-corrected chi connectivity index (χ2v) is 7.08. The Bertz CT molecular complexity index is 613. The Morgan fingerprint density at radius 3 is 2.29 bits per heavy atom. The molecule has 0 aliphatic heterocycles. The standard InChI is InChI=1S/C20H25N/c1-14(21-13-20(16-7-8-16)17-9-10-17)18-11-6-15-4-2-3-5-19(15)12-18/h2-6,11-12,14,16-17,20-21H,7-10,13H2,1H3. The van der Waals surface area contributed by atoms with Gasteiger partial charge in [0.15, 0.2) is 0 Å². The van der Waals surface area contributed by atoms with Crippen LogP contribution in [0.1, 0.15) is 44.2 Å². The van der Waals surface area contributed by atoms with Gasteiger partial charge in [0.05, 0.1) is 0 Å². The maximum Gasteiger partial charge on any atom is 0.0292 e. The Balaban J connectivity index is 1.44. The fraction of sp³-hybridized carbons (Fsp3) is 0.500. The molecule has 0 aromatic heterocycles. The van der Waals surface area contributed by atoms with Crippen molar-refractivity contribution >= 4 is 10.8 Å². The van der Waals surface area contributed by atoms with Gasteiger partial charge in [-0.3, -0.25) is 0 Å². The van der Waals surface area contributed by atoms with Gasteiger partial charge in [0.25, 0.3) is 0 Å². The Kier molecular flexibility index (Phi) is 3.46. The first kappa shape index (κ1) is 13.3. The van der Waals surface area contributed by atoms with Gasteiger partial charge >= 0.3 is 0 Å². The van der Waals surface area contributed by atoms with E-state index < -0.39 is 0 Å². The summed E-state index contributed by atoms with van der Waals surface area (Å²) in [5, 5.41) is 6.49. The van der Waals surface area contributed by atoms with Crippen molar-refractivity contribution in [1.82, 2.24) is 5.32 Å². The summed E-state index contributed by atoms with van der Waals surface area (Å²) >= 11 is 0. The van der Waals surface area contributed by atoms with Crippen molar-refractivity contribution in [2.45, 2.75) is 38.6 Å². The van der Waals surface area contributed by atoms with Crippen LogP contribution in [0.2, 0.25) is 0 Å². The van der Waals surface area contributed by atoms with E-state index in [4.69, 9.17) is 0 Å². The van der Waals surface area contributed by atoms with Gasteiger partial charge in [-0.2, -0.15) is 0 Å². The van der Waals surface area contributed by atoms with Crippen LogP contribution in [0.4, 0.5) is 0 Å². The molecule has 1 unspecified atom stereocenters. The minimum absolute atomic E-state index is 0.453. The molecule has 0 bridgehead atoms. The summed E-state index contributed by atoms with van der Waals surface area (Å²) in [4.78, 5) is 0. The van der Waals surface area contributed by atoms with Crippen molar-refractivity contribution in [3.8, 4) is 0 Å². The van der Waals surface area contributed by atoms with Crippen LogP contribution in [-0.2, 0) is 0 Å². The van der Waals surface area contributed by atoms with Gasteiger partial charge < -0.3 is 5.32 Å². The molecule has 2 aromatic rings. The molecular formula is C20H25N. The quantitative estimate of drug-likeness (QED) is 0.791. The number of benzene rings is 2. The van der Waals surface area contributed by atoms with Crippen LogP contribution >= 0.6 is 0 Å². The maximum absolute atomic E-state index is 3.81. The number of nitrogens with one attached hydrogen (secondary N) is 1. The monoisotopic (exact) mass is 279 g/mol. The van der Waals surface area contributed by atoms with Gasteiger partial charge in [0.2, 0.25) is 0 Å². The third kappa shape index (κ3) is 2.98. The summed E-state index contributed by atoms with van der Waals surface area (Å²) in [5.41, 5.74) is 1.42. The summed E-state index contributed by atoms with van der Waals surface area (Å²) in [7, 11) is 0. The largest absolute Gasteiger partial charge is 0.310 e. The van der Waals surface area contributed by atoms with E-state index in [9.17, 15) is 0 Å². The van der Waals surface area contributed by atoms with Crippen molar-refractivity contribution in [3.63, 3.8) is 0 Å². The molecule has 21 heavy (non-hydrogen) atoms. The molecular weight excluding hydrogens is 254 g/mol. The zero-order valence-corrected chi connectivity index (χ0v) is 12.9. The van der Waals surface area contributed by atoms with Crippen LogP contribution in [-0.4, -0.2) is 6.54 Å². The van der Waals surface area contributed by atoms with Crippen LogP contribution in [0, 0.1) is 17.8 Å². The van der Waals surface area contributed by atoms with E-state index in [0.717, 1.165) is 17.8 Å². The maximum atomic E-state index is 3.81. The molecule has 2 fully saturated rings. The zero-order chi connectivity index (χ0) is 14.2. The van der Waals surface area contributed by atoms with E-state index in [2.05, 4.69) is 54.7 Å². The third-order valence-corrected chi connectivity index (χ3v) is 5.39. The first-order valence-electron chi connectivity index (χ1n) is 8.53. The van der Waals surface area contributed by atoms with Crippen molar-refractivity contribution in [2.24, 2.45) is 17.8 Å². The minimum Gasteiger partial charge on any atom is -0.310 e. The topological polar surface area (TPSA) is 12.0 Å². The molecule has 1 N–H and O–H groups in total. The summed E-state index contributed by atoms with van der Waals surface area (Å²) in [6.45, 7) is 3.52. The lowest BCUT2D eigenvalue weighted by Gasteiger charge is -2.21. The van der Waals surface area contributed by atoms with Crippen LogP contribution < -0.4 is 5.32 Å². The number of hydrogen-bond donors (Lipinski definition) is 1. The highest BCUT2D eigenvalue weighted by atomic mass is 14.9. The Hall–Kier alpha value is -1.34. The lowest BCUT2D eigenvalue weighted by molar-refractivity contribution is 0.362. The molecule has 0 saturated heterocycles. The lowest BCUT2D eigenvalue weighted by Crippen LogP contribution is -2.28. The molecule has 2 saturated carbocycles. The zero-order valence-electron chi connectivity index (χ0n) is 12.9. The highest BCUT2D eigenvalue weighted by molar-refractivity contribution is 5.83. The molecule has 2 aromatic carbocycles. The number of hydrogen-bond acceptors (Lipinski definition) is 1. The Labute approximate surface area is 127 Å². The Morgan fingerprint density at radius 1 is 0.952 bits per heavy atom. The van der Waals surface area contributed by atoms with Crippen molar-refractivity contribution in [1.29, 1.82) is 0 Å². The fourth-order valence-electron chi connectivity index (χ4n) is 3.67. The van der Waals surface area contributed by atoms with E-state index >= 15 is 0 Å². The average molecular weight is 279 g/mol. The molecule has 110 valence electrons. The second kappa shape index (κ2) is 5.46. The molecule has 0 heterocycles. The number of fused-ring (bicyclic) bond motifs is 1. The normalized spacial score (nSPS) is 20.1. The summed E-state index contributed by atoms with van der Waals surface area (Å²) in [6.07, 6.45) is 5.92. The minimum atomic E-state index is 0.453. The van der Waals surface area contributed by atoms with Gasteiger partial charge in [-0.1, -0.05) is 36.4 Å². The lowest BCUT2D eigenvalue weighted by atomic mass is 9.96. The summed E-state index contributed by atoms with van der Waals surface area (Å²) < 4.78 is 0. The third-order valence-electron chi connectivity index (χ3n) is 5.39. The molecule has 4 rings (SSSR count). The highest BCUT2D eigenvalue weighted by Crippen LogP contribution is 2.49. The SMILES string of the molecule is CC(NCC(C1CC1)C1CC1)c1ccc2ccccc2c1. The first-order chi connectivity index (χ1) is 10.3. The van der Waals surface area contributed by atoms with E-state index in [1.54, 1.807) is 0 Å². The average Bonchev–Trinajstić information content (AvgIpc) is 3.39. The predicted molar refractivity (Wildman–Crippen MR) is 89.3 cm³/mol. The van der Waals surface area contributed by atoms with Crippen LogP contribution in [0.25, 0.3) is 10.8 Å². The van der Waals surface area contributed by atoms with Gasteiger partial charge in [-0.05, 0) is 79.3 Å². The smallest absolute Gasteiger partial charge is 0.0292 e. The van der Waals surface area contributed by atoms with Crippen LogP contribution in [0.3, 0.4) is 0 Å². The highest BCUT2D eigenvalue weighted by Gasteiger charge is 2.41. The van der Waals surface area contributed by atoms with Gasteiger partial charge in [-0.25, -0.2) is 0 Å². The first-order valence-corrected chi connectivity index (χ1v) is 8.53. The van der Waals surface area contributed by atoms with Crippen molar-refractivity contribution in [2.75, 3.05) is 6.54 Å². The Morgan fingerprint density at radius 2 is 1.62 bits per heavy atom. The number of rotatable bonds is 6. The summed E-state index contributed by atoms with van der Waals surface area (Å²) in [6, 6.07) is 16.0. The van der Waals surface area contributed by atoms with Gasteiger partial charge in [0.1, 0.15) is 0 Å². The van der Waals surface area contributed by atoms with E-state index in [1.165, 1.54) is 48.6 Å². The van der Waals surface area contributed by atoms with E-state index in [-0.39, 0.29) is 0 Å². The fourth-order valence-corrected chi connectivity index (χ4v) is 3.67. The van der Waals surface area contributed by atoms with Crippen LogP contribution in [0.5, 0.6) is 0 Å². The molecule has 0 radical (unpaired) electrons. The molecule has 0 spiro atoms. The summed E-state index contributed by atoms with van der Waals surface area (Å²) in [5.74, 6) is 3.02. The van der Waals surface area contributed by atoms with E-state index in [1.807, 2.05) is 0 Å². The molecule has 1 atom stereocenters. The molecule has 1 heteroatoms. The van der Waals surface area contributed by atoms with Crippen molar-refractivity contribution in [3.05, 3.63) is 48.0 Å². The van der Waals surface area contributed by atoms with E-state index in [0.29, 0.717) is 6.04 Å². The van der Waals surface area contributed by atoms with Crippen LogP contribution in [0.15, 0.2) is 42.5 Å². The van der Waals surface area contributed by atoms with Gasteiger partial charge in [0, 0.05) is 6.04 Å². The molecule has 2 aliphatic carbocycles. The van der Waals surface area contributed by atoms with Gasteiger partial charge in [-0.15, -0.1) is 0 Å². The predicted octanol–water partition coefficient (Wildman–Crippen LogP) is 4.93. The molecule has 1 nitrogen and oxygen atoms in total. The van der Waals surface area contributed by atoms with Crippen molar-refractivity contribution < 1.29 is 0 Å². The second-order valence-electron chi connectivity index (χ2n) is 7.08. The molecule has 2 aliphatic rings. The molecule has 0 amide bonds.